The highest BCUT2D eigenvalue weighted by Gasteiger charge is 2.71. The van der Waals surface area contributed by atoms with Crippen LogP contribution < -0.4 is 5.73 Å². The first-order valence-corrected chi connectivity index (χ1v) is 12.3. The number of ether oxygens (including phenoxy) is 2. The van der Waals surface area contributed by atoms with Crippen LogP contribution in [0.15, 0.2) is 18.2 Å². The summed E-state index contributed by atoms with van der Waals surface area (Å²) >= 11 is 0. The second-order valence-electron chi connectivity index (χ2n) is 10.3. The molecular weight excluding hydrogens is 486 g/mol. The van der Waals surface area contributed by atoms with Crippen LogP contribution in [0.2, 0.25) is 0 Å². The molecule has 3 saturated carbocycles. The zero-order valence-corrected chi connectivity index (χ0v) is 19.8. The first-order chi connectivity index (χ1) is 17.6. The van der Waals surface area contributed by atoms with Crippen LogP contribution in [-0.4, -0.2) is 70.1 Å². The third-order valence-electron chi connectivity index (χ3n) is 8.52. The number of carbonyl (C=O) groups is 6. The van der Waals surface area contributed by atoms with E-state index in [0.717, 1.165) is 25.7 Å². The van der Waals surface area contributed by atoms with Gasteiger partial charge in [-0.3, -0.25) is 28.8 Å². The molecule has 3 fully saturated rings. The number of carbonyl (C=O) groups excluding carboxylic acids is 6. The van der Waals surface area contributed by atoms with Gasteiger partial charge in [0.25, 0.3) is 6.47 Å². The second kappa shape index (κ2) is 9.14. The van der Waals surface area contributed by atoms with Gasteiger partial charge in [0, 0.05) is 24.2 Å². The zero-order chi connectivity index (χ0) is 26.6. The summed E-state index contributed by atoms with van der Waals surface area (Å²) in [4.78, 5) is 77.0. The molecule has 0 radical (unpaired) electrons. The molecule has 37 heavy (non-hydrogen) atoms. The van der Waals surface area contributed by atoms with Gasteiger partial charge in [0.05, 0.1) is 24.2 Å². The number of hydrogen-bond acceptors (Lipinski definition) is 10. The number of ketones is 4. The van der Waals surface area contributed by atoms with Gasteiger partial charge in [0.1, 0.15) is 11.9 Å². The van der Waals surface area contributed by atoms with Crippen LogP contribution in [0.25, 0.3) is 0 Å². The summed E-state index contributed by atoms with van der Waals surface area (Å²) in [7, 11) is 0. The van der Waals surface area contributed by atoms with Crippen molar-refractivity contribution in [3.63, 3.8) is 0 Å². The normalized spacial score (nSPS) is 35.5. The molecule has 0 bridgehead atoms. The van der Waals surface area contributed by atoms with Crippen LogP contribution in [0.3, 0.4) is 0 Å². The molecule has 0 saturated heterocycles. The van der Waals surface area contributed by atoms with E-state index >= 15 is 0 Å². The average molecular weight is 513 g/mol. The van der Waals surface area contributed by atoms with Crippen molar-refractivity contribution in [2.75, 3.05) is 6.61 Å². The van der Waals surface area contributed by atoms with Gasteiger partial charge in [-0.25, -0.2) is 0 Å². The summed E-state index contributed by atoms with van der Waals surface area (Å²) in [6, 6.07) is 4.42. The summed E-state index contributed by atoms with van der Waals surface area (Å²) in [5, 5.41) is 22.1. The van der Waals surface area contributed by atoms with E-state index in [0.29, 0.717) is 5.56 Å². The van der Waals surface area contributed by atoms with Crippen molar-refractivity contribution in [3.8, 4) is 5.75 Å². The molecule has 4 aliphatic carbocycles. The van der Waals surface area contributed by atoms with Gasteiger partial charge in [0.15, 0.2) is 34.7 Å². The third kappa shape index (κ3) is 3.63. The number of phenols is 1. The van der Waals surface area contributed by atoms with Crippen molar-refractivity contribution in [2.24, 2.45) is 29.4 Å². The monoisotopic (exact) mass is 513 g/mol. The Kier molecular flexibility index (Phi) is 6.23. The van der Waals surface area contributed by atoms with Crippen molar-refractivity contribution >= 4 is 35.5 Å². The lowest BCUT2D eigenvalue weighted by molar-refractivity contribution is -0.195. The first kappa shape index (κ1) is 25.2. The summed E-state index contributed by atoms with van der Waals surface area (Å²) in [6.07, 6.45) is 1.55. The predicted octanol–water partition coefficient (Wildman–Crippen LogP) is -0.0213. The minimum absolute atomic E-state index is 0.0124. The highest BCUT2D eigenvalue weighted by atomic mass is 16.5. The minimum atomic E-state index is -2.96. The number of rotatable bonds is 6. The zero-order valence-electron chi connectivity index (χ0n) is 19.8. The lowest BCUT2D eigenvalue weighted by atomic mass is 9.50. The number of primary amides is 1. The number of phenolic OH excluding ortho intramolecular Hbond substituents is 1. The topological polar surface area (TPSA) is 187 Å². The maximum absolute atomic E-state index is 13.9. The number of benzene rings is 1. The Morgan fingerprint density at radius 3 is 2.49 bits per heavy atom. The van der Waals surface area contributed by atoms with Crippen molar-refractivity contribution in [1.29, 1.82) is 0 Å². The number of Topliss-reactive ketones (excluding diaryl/α,β-unsaturated/α-hetero) is 4. The molecule has 1 aromatic rings. The molecule has 4 aliphatic rings. The molecule has 0 heterocycles. The van der Waals surface area contributed by atoms with Crippen molar-refractivity contribution in [1.82, 2.24) is 0 Å². The molecule has 5 rings (SSSR count). The van der Waals surface area contributed by atoms with E-state index in [1.165, 1.54) is 12.1 Å². The molecule has 11 nitrogen and oxygen atoms in total. The Bertz CT molecular complexity index is 1200. The Hall–Kier alpha value is -3.44. The van der Waals surface area contributed by atoms with E-state index in [1.54, 1.807) is 6.07 Å². The van der Waals surface area contributed by atoms with E-state index < -0.39 is 76.8 Å². The van der Waals surface area contributed by atoms with Gasteiger partial charge in [0.2, 0.25) is 5.91 Å². The Morgan fingerprint density at radius 2 is 1.84 bits per heavy atom. The first-order valence-electron chi connectivity index (χ1n) is 12.3. The lowest BCUT2D eigenvalue weighted by Gasteiger charge is -2.53. The van der Waals surface area contributed by atoms with Crippen LogP contribution in [-0.2, 0) is 33.4 Å². The van der Waals surface area contributed by atoms with Gasteiger partial charge < -0.3 is 25.4 Å². The molecule has 11 heteroatoms. The van der Waals surface area contributed by atoms with Gasteiger partial charge in [-0.2, -0.15) is 0 Å². The third-order valence-corrected chi connectivity index (χ3v) is 8.52. The fraction of sp³-hybridized carbons (Fsp3) is 0.538. The molecule has 2 unspecified atom stereocenters. The lowest BCUT2D eigenvalue weighted by Crippen LogP contribution is -2.73. The number of aliphatic hydroxyl groups is 1. The molecule has 196 valence electrons. The van der Waals surface area contributed by atoms with Gasteiger partial charge in [-0.05, 0) is 24.5 Å². The van der Waals surface area contributed by atoms with Gasteiger partial charge in [-0.15, -0.1) is 0 Å². The molecular formula is C26H27NO10. The number of amides is 1. The van der Waals surface area contributed by atoms with Gasteiger partial charge in [-0.1, -0.05) is 25.0 Å². The Morgan fingerprint density at radius 1 is 1.14 bits per heavy atom. The van der Waals surface area contributed by atoms with Crippen LogP contribution in [0.1, 0.15) is 53.9 Å². The van der Waals surface area contributed by atoms with Crippen molar-refractivity contribution in [3.05, 3.63) is 29.3 Å². The summed E-state index contributed by atoms with van der Waals surface area (Å²) in [5.41, 5.74) is 2.50. The Balaban J connectivity index is 1.66. The predicted molar refractivity (Wildman–Crippen MR) is 122 cm³/mol. The van der Waals surface area contributed by atoms with E-state index in [1.807, 2.05) is 0 Å². The molecule has 1 amide bonds. The van der Waals surface area contributed by atoms with Crippen LogP contribution in [0.5, 0.6) is 5.75 Å². The highest BCUT2D eigenvalue weighted by Crippen LogP contribution is 2.55. The van der Waals surface area contributed by atoms with Crippen LogP contribution in [0.4, 0.5) is 0 Å². The van der Waals surface area contributed by atoms with Crippen molar-refractivity contribution in [2.45, 2.75) is 55.8 Å². The number of nitrogens with two attached hydrogens (primary N) is 1. The SMILES string of the molecule is NC(=O)C1C(=O)C[C@@H]2[C@@H](OC=O)[C@H]3C(C(=O)c4c(O)cccc4[C@@H]3COC3CCCC3)C(=O)[C@]2(O)C1=O. The summed E-state index contributed by atoms with van der Waals surface area (Å²) in [5.74, 6) is -13.2. The molecule has 0 aliphatic heterocycles. The highest BCUT2D eigenvalue weighted by molar-refractivity contribution is 6.31. The molecule has 7 atom stereocenters. The number of hydrogen-bond donors (Lipinski definition) is 3. The smallest absolute Gasteiger partial charge is 0.293 e. The van der Waals surface area contributed by atoms with E-state index in [9.17, 15) is 39.0 Å². The fourth-order valence-electron chi connectivity index (χ4n) is 6.85. The van der Waals surface area contributed by atoms with E-state index in [4.69, 9.17) is 15.2 Å². The summed E-state index contributed by atoms with van der Waals surface area (Å²) in [6.45, 7) is 0.0862. The number of aromatic hydroxyl groups is 1. The molecule has 0 spiro atoms. The second-order valence-corrected chi connectivity index (χ2v) is 10.3. The standard InChI is InChI=1S/C26H27NO10/c27-25(34)19-16(30)8-14-22(37-10-28)18-13(9-36-11-4-1-2-5-11)12-6-3-7-15(29)17(12)21(31)20(18)24(33)26(14,35)23(19)32/h3,6-7,10-11,13-14,18-20,22,29,35H,1-2,4-5,8-9H2,(H2,27,34)/t13-,14+,18+,19?,20?,22+,26+/m0/s1. The maximum atomic E-state index is 13.9. The quantitative estimate of drug-likeness (QED) is 0.344. The van der Waals surface area contributed by atoms with Crippen LogP contribution in [0, 0.1) is 23.7 Å². The minimum Gasteiger partial charge on any atom is -0.507 e. The van der Waals surface area contributed by atoms with E-state index in [2.05, 4.69) is 0 Å². The van der Waals surface area contributed by atoms with Gasteiger partial charge >= 0.3 is 0 Å². The summed E-state index contributed by atoms with van der Waals surface area (Å²) < 4.78 is 11.5. The van der Waals surface area contributed by atoms with Crippen LogP contribution >= 0.6 is 0 Å². The Labute approximate surface area is 211 Å². The molecule has 4 N–H and O–H groups in total. The van der Waals surface area contributed by atoms with E-state index in [-0.39, 0.29) is 30.5 Å². The average Bonchev–Trinajstić information content (AvgIpc) is 3.36. The molecule has 0 aromatic heterocycles. The van der Waals surface area contributed by atoms with Crippen molar-refractivity contribution < 1.29 is 48.5 Å². The number of fused-ring (bicyclic) bond motifs is 3. The maximum Gasteiger partial charge on any atom is 0.293 e. The fourth-order valence-corrected chi connectivity index (χ4v) is 6.85. The largest absolute Gasteiger partial charge is 0.507 e. The molecule has 1 aromatic carbocycles.